The summed E-state index contributed by atoms with van der Waals surface area (Å²) in [5.74, 6) is 0. The van der Waals surface area contributed by atoms with Gasteiger partial charge in [0.15, 0.2) is 0 Å². The van der Waals surface area contributed by atoms with Crippen LogP contribution in [-0.2, 0) is 6.61 Å². The molecule has 0 aliphatic rings. The Morgan fingerprint density at radius 2 is 1.82 bits per heavy atom. The van der Waals surface area contributed by atoms with Gasteiger partial charge < -0.3 is 9.67 Å². The Morgan fingerprint density at radius 1 is 1.12 bits per heavy atom. The van der Waals surface area contributed by atoms with Crippen molar-refractivity contribution in [2.75, 3.05) is 0 Å². The van der Waals surface area contributed by atoms with Gasteiger partial charge in [0.05, 0.1) is 6.61 Å². The molecular weight excluding hydrogens is 210 g/mol. The number of hydrogen-bond acceptors (Lipinski definition) is 1. The van der Waals surface area contributed by atoms with Gasteiger partial charge in [-0.15, -0.1) is 0 Å². The number of benzene rings is 1. The molecule has 0 radical (unpaired) electrons. The third-order valence-electron chi connectivity index (χ3n) is 3.52. The number of aryl methyl sites for hydroxylation is 2. The molecule has 1 N–H and O–H groups in total. The molecule has 0 bridgehead atoms. The lowest BCUT2D eigenvalue weighted by Crippen LogP contribution is -2.03. The minimum atomic E-state index is 0.102. The van der Waals surface area contributed by atoms with Crippen molar-refractivity contribution < 1.29 is 5.11 Å². The summed E-state index contributed by atoms with van der Waals surface area (Å²) in [6, 6.07) is 8.38. The summed E-state index contributed by atoms with van der Waals surface area (Å²) in [4.78, 5) is 0. The number of aromatic nitrogens is 1. The highest BCUT2D eigenvalue weighted by atomic mass is 16.3. The fourth-order valence-electron chi connectivity index (χ4n) is 2.34. The molecule has 0 amide bonds. The van der Waals surface area contributed by atoms with E-state index in [1.165, 1.54) is 22.5 Å². The Labute approximate surface area is 103 Å². The van der Waals surface area contributed by atoms with Crippen LogP contribution in [0.1, 0.15) is 28.1 Å². The predicted octanol–water partition coefficient (Wildman–Crippen LogP) is 3.20. The minimum Gasteiger partial charge on any atom is -0.392 e. The summed E-state index contributed by atoms with van der Waals surface area (Å²) in [6.45, 7) is 8.50. The molecule has 0 unspecified atom stereocenters. The first-order chi connectivity index (χ1) is 8.06. The maximum absolute atomic E-state index is 9.31. The molecule has 0 atom stereocenters. The van der Waals surface area contributed by atoms with Crippen LogP contribution in [-0.4, -0.2) is 9.67 Å². The van der Waals surface area contributed by atoms with Gasteiger partial charge >= 0.3 is 0 Å². The van der Waals surface area contributed by atoms with Gasteiger partial charge in [-0.2, -0.15) is 0 Å². The SMILES string of the molecule is Cc1cccc(-n2c(C)cc(CO)c2C)c1C. The number of hydrogen-bond donors (Lipinski definition) is 1. The largest absolute Gasteiger partial charge is 0.392 e. The molecule has 1 heterocycles. The average Bonchev–Trinajstić information content (AvgIpc) is 2.58. The lowest BCUT2D eigenvalue weighted by molar-refractivity contribution is 0.281. The normalized spacial score (nSPS) is 10.9. The van der Waals surface area contributed by atoms with E-state index in [1.54, 1.807) is 0 Å². The molecule has 0 aliphatic heterocycles. The monoisotopic (exact) mass is 229 g/mol. The lowest BCUT2D eigenvalue weighted by Gasteiger charge is -2.14. The second-order valence-corrected chi connectivity index (χ2v) is 4.61. The number of nitrogens with zero attached hydrogens (tertiary/aromatic N) is 1. The fraction of sp³-hybridized carbons (Fsp3) is 0.333. The highest BCUT2D eigenvalue weighted by Gasteiger charge is 2.11. The lowest BCUT2D eigenvalue weighted by atomic mass is 10.1. The van der Waals surface area contributed by atoms with Gasteiger partial charge in [0.25, 0.3) is 0 Å². The van der Waals surface area contributed by atoms with E-state index in [0.717, 1.165) is 11.3 Å². The fourth-order valence-corrected chi connectivity index (χ4v) is 2.34. The van der Waals surface area contributed by atoms with E-state index in [2.05, 4.69) is 56.5 Å². The van der Waals surface area contributed by atoms with Crippen molar-refractivity contribution in [2.24, 2.45) is 0 Å². The van der Waals surface area contributed by atoms with Crippen LogP contribution >= 0.6 is 0 Å². The molecule has 0 aliphatic carbocycles. The molecule has 0 saturated heterocycles. The van der Waals surface area contributed by atoms with Crippen LogP contribution in [0.2, 0.25) is 0 Å². The molecular formula is C15H19NO. The zero-order valence-corrected chi connectivity index (χ0v) is 10.9. The summed E-state index contributed by atoms with van der Waals surface area (Å²) < 4.78 is 2.22. The van der Waals surface area contributed by atoms with Crippen molar-refractivity contribution in [3.8, 4) is 5.69 Å². The smallest absolute Gasteiger partial charge is 0.0699 e. The Morgan fingerprint density at radius 3 is 2.41 bits per heavy atom. The van der Waals surface area contributed by atoms with E-state index in [1.807, 2.05) is 0 Å². The third-order valence-corrected chi connectivity index (χ3v) is 3.52. The average molecular weight is 229 g/mol. The Bertz CT molecular complexity index is 552. The molecule has 0 fully saturated rings. The van der Waals surface area contributed by atoms with Crippen LogP contribution < -0.4 is 0 Å². The molecule has 2 rings (SSSR count). The summed E-state index contributed by atoms with van der Waals surface area (Å²) in [7, 11) is 0. The van der Waals surface area contributed by atoms with Gasteiger partial charge in [-0.1, -0.05) is 12.1 Å². The molecule has 1 aromatic carbocycles. The van der Waals surface area contributed by atoms with E-state index >= 15 is 0 Å². The molecule has 1 aromatic heterocycles. The first-order valence-electron chi connectivity index (χ1n) is 5.91. The van der Waals surface area contributed by atoms with E-state index in [4.69, 9.17) is 0 Å². The molecule has 17 heavy (non-hydrogen) atoms. The second kappa shape index (κ2) is 4.38. The van der Waals surface area contributed by atoms with Crippen LogP contribution in [0.3, 0.4) is 0 Å². The summed E-state index contributed by atoms with van der Waals surface area (Å²) >= 11 is 0. The van der Waals surface area contributed by atoms with Gasteiger partial charge in [0, 0.05) is 17.1 Å². The van der Waals surface area contributed by atoms with Crippen molar-refractivity contribution in [3.63, 3.8) is 0 Å². The van der Waals surface area contributed by atoms with E-state index in [9.17, 15) is 5.11 Å². The first-order valence-corrected chi connectivity index (χ1v) is 5.91. The molecule has 0 spiro atoms. The van der Waals surface area contributed by atoms with E-state index in [-0.39, 0.29) is 6.61 Å². The van der Waals surface area contributed by atoms with Crippen molar-refractivity contribution >= 4 is 0 Å². The summed E-state index contributed by atoms with van der Waals surface area (Å²) in [5, 5.41) is 9.31. The van der Waals surface area contributed by atoms with Crippen molar-refractivity contribution in [3.05, 3.63) is 52.3 Å². The van der Waals surface area contributed by atoms with Gasteiger partial charge in [-0.25, -0.2) is 0 Å². The Balaban J connectivity index is 2.68. The van der Waals surface area contributed by atoms with Crippen LogP contribution in [0.15, 0.2) is 24.3 Å². The zero-order valence-electron chi connectivity index (χ0n) is 10.9. The van der Waals surface area contributed by atoms with Crippen molar-refractivity contribution in [2.45, 2.75) is 34.3 Å². The van der Waals surface area contributed by atoms with Crippen molar-refractivity contribution in [1.82, 2.24) is 4.57 Å². The van der Waals surface area contributed by atoms with Crippen molar-refractivity contribution in [1.29, 1.82) is 0 Å². The predicted molar refractivity (Wildman–Crippen MR) is 70.6 cm³/mol. The minimum absolute atomic E-state index is 0.102. The van der Waals surface area contributed by atoms with Gasteiger partial charge in [0.1, 0.15) is 0 Å². The molecule has 2 heteroatoms. The molecule has 90 valence electrons. The standard InChI is InChI=1S/C15H19NO/c1-10-6-5-7-15(12(10)3)16-11(2)8-14(9-17)13(16)4/h5-8,17H,9H2,1-4H3. The first kappa shape index (κ1) is 11.9. The van der Waals surface area contributed by atoms with Gasteiger partial charge in [-0.05, 0) is 56.5 Å². The number of rotatable bonds is 2. The molecule has 0 saturated carbocycles. The Hall–Kier alpha value is -1.54. The third kappa shape index (κ3) is 1.89. The quantitative estimate of drug-likeness (QED) is 0.840. The van der Waals surface area contributed by atoms with E-state index < -0.39 is 0 Å². The van der Waals surface area contributed by atoms with Gasteiger partial charge in [-0.3, -0.25) is 0 Å². The van der Waals surface area contributed by atoms with Crippen LogP contribution in [0.5, 0.6) is 0 Å². The van der Waals surface area contributed by atoms with E-state index in [0.29, 0.717) is 0 Å². The highest BCUT2D eigenvalue weighted by Crippen LogP contribution is 2.24. The summed E-state index contributed by atoms with van der Waals surface area (Å²) in [5.41, 5.74) is 7.08. The Kier molecular flexibility index (Phi) is 3.07. The maximum Gasteiger partial charge on any atom is 0.0699 e. The van der Waals surface area contributed by atoms with Crippen LogP contribution in [0.25, 0.3) is 5.69 Å². The van der Waals surface area contributed by atoms with Gasteiger partial charge in [0.2, 0.25) is 0 Å². The number of aliphatic hydroxyl groups is 1. The second-order valence-electron chi connectivity index (χ2n) is 4.61. The maximum atomic E-state index is 9.31. The molecule has 2 nitrogen and oxygen atoms in total. The highest BCUT2D eigenvalue weighted by molar-refractivity contribution is 5.49. The zero-order chi connectivity index (χ0) is 12.6. The summed E-state index contributed by atoms with van der Waals surface area (Å²) in [6.07, 6.45) is 0. The van der Waals surface area contributed by atoms with Crippen LogP contribution in [0.4, 0.5) is 0 Å². The number of aliphatic hydroxyl groups excluding tert-OH is 1. The molecule has 2 aromatic rings. The topological polar surface area (TPSA) is 25.2 Å². The van der Waals surface area contributed by atoms with Crippen LogP contribution in [0, 0.1) is 27.7 Å².